The minimum Gasteiger partial charge on any atom is -0.336 e. The summed E-state index contributed by atoms with van der Waals surface area (Å²) in [6, 6.07) is 5.31. The van der Waals surface area contributed by atoms with Gasteiger partial charge in [0.15, 0.2) is 0 Å². The van der Waals surface area contributed by atoms with E-state index >= 15 is 0 Å². The molecule has 0 aliphatic heterocycles. The Kier molecular flexibility index (Phi) is 4.01. The fraction of sp³-hybridized carbons (Fsp3) is 0.308. The molecule has 6 heteroatoms. The van der Waals surface area contributed by atoms with Crippen LogP contribution in [-0.2, 0) is 16.6 Å². The van der Waals surface area contributed by atoms with E-state index in [4.69, 9.17) is 0 Å². The number of hydrogen-bond acceptors (Lipinski definition) is 3. The maximum Gasteiger partial charge on any atom is 0.240 e. The Morgan fingerprint density at radius 1 is 1.32 bits per heavy atom. The Bertz CT molecular complexity index is 649. The molecule has 0 radical (unpaired) electrons. The van der Waals surface area contributed by atoms with E-state index in [2.05, 4.69) is 9.71 Å². The van der Waals surface area contributed by atoms with Crippen LogP contribution in [0.15, 0.2) is 41.8 Å². The van der Waals surface area contributed by atoms with E-state index in [9.17, 15) is 8.42 Å². The average Bonchev–Trinajstić information content (AvgIpc) is 2.81. The van der Waals surface area contributed by atoms with Crippen molar-refractivity contribution in [3.63, 3.8) is 0 Å². The van der Waals surface area contributed by atoms with Crippen LogP contribution in [0.2, 0.25) is 0 Å². The van der Waals surface area contributed by atoms with E-state index in [1.165, 1.54) is 0 Å². The van der Waals surface area contributed by atoms with Gasteiger partial charge in [-0.2, -0.15) is 0 Å². The second-order valence-electron chi connectivity index (χ2n) is 4.47. The molecule has 0 aliphatic carbocycles. The number of aryl methyl sites for hydroxylation is 2. The number of nitrogens with zero attached hydrogens (tertiary/aromatic N) is 2. The van der Waals surface area contributed by atoms with Crippen LogP contribution in [-0.4, -0.2) is 24.5 Å². The van der Waals surface area contributed by atoms with Gasteiger partial charge in [-0.05, 0) is 25.5 Å². The van der Waals surface area contributed by atoms with Crippen LogP contribution in [0.25, 0.3) is 0 Å². The third-order valence-electron chi connectivity index (χ3n) is 2.84. The maximum atomic E-state index is 12.2. The molecular weight excluding hydrogens is 262 g/mol. The molecule has 5 nitrogen and oxygen atoms in total. The van der Waals surface area contributed by atoms with Gasteiger partial charge in [-0.1, -0.05) is 17.7 Å². The van der Waals surface area contributed by atoms with Gasteiger partial charge in [-0.3, -0.25) is 0 Å². The normalized spacial score (nSPS) is 11.7. The zero-order chi connectivity index (χ0) is 13.9. The monoisotopic (exact) mass is 279 g/mol. The number of sulfonamides is 1. The molecule has 2 aromatic rings. The summed E-state index contributed by atoms with van der Waals surface area (Å²) in [5.74, 6) is 0. The second kappa shape index (κ2) is 5.54. The second-order valence-corrected chi connectivity index (χ2v) is 6.20. The Morgan fingerprint density at radius 2 is 2.11 bits per heavy atom. The molecule has 0 bridgehead atoms. The molecule has 0 saturated carbocycles. The summed E-state index contributed by atoms with van der Waals surface area (Å²) in [6.07, 6.45) is 5.12. The molecule has 1 heterocycles. The summed E-state index contributed by atoms with van der Waals surface area (Å²) in [5, 5.41) is 0. The summed E-state index contributed by atoms with van der Waals surface area (Å²) in [7, 11) is -3.44. The van der Waals surface area contributed by atoms with E-state index in [0.717, 1.165) is 11.1 Å². The van der Waals surface area contributed by atoms with E-state index in [-0.39, 0.29) is 0 Å². The zero-order valence-electron chi connectivity index (χ0n) is 11.0. The summed E-state index contributed by atoms with van der Waals surface area (Å²) >= 11 is 0. The van der Waals surface area contributed by atoms with Gasteiger partial charge >= 0.3 is 0 Å². The molecule has 102 valence electrons. The largest absolute Gasteiger partial charge is 0.336 e. The first-order chi connectivity index (χ1) is 8.99. The number of benzene rings is 1. The van der Waals surface area contributed by atoms with Gasteiger partial charge in [0.1, 0.15) is 0 Å². The first-order valence-electron chi connectivity index (χ1n) is 6.02. The van der Waals surface area contributed by atoms with E-state index < -0.39 is 10.0 Å². The lowest BCUT2D eigenvalue weighted by molar-refractivity contribution is 0.572. The summed E-state index contributed by atoms with van der Waals surface area (Å²) < 4.78 is 28.7. The predicted molar refractivity (Wildman–Crippen MR) is 73.3 cm³/mol. The van der Waals surface area contributed by atoms with Crippen LogP contribution in [0.4, 0.5) is 0 Å². The molecule has 0 saturated heterocycles. The average molecular weight is 279 g/mol. The van der Waals surface area contributed by atoms with Crippen molar-refractivity contribution in [1.82, 2.24) is 14.3 Å². The zero-order valence-corrected chi connectivity index (χ0v) is 11.8. The Labute approximate surface area is 113 Å². The highest BCUT2D eigenvalue weighted by molar-refractivity contribution is 7.89. The predicted octanol–water partition coefficient (Wildman–Crippen LogP) is 1.48. The van der Waals surface area contributed by atoms with Crippen molar-refractivity contribution >= 4 is 10.0 Å². The van der Waals surface area contributed by atoms with E-state index in [1.54, 1.807) is 37.8 Å². The highest BCUT2D eigenvalue weighted by Gasteiger charge is 2.15. The lowest BCUT2D eigenvalue weighted by Crippen LogP contribution is -2.27. The third kappa shape index (κ3) is 3.42. The van der Waals surface area contributed by atoms with Crippen molar-refractivity contribution < 1.29 is 8.42 Å². The molecule has 0 fully saturated rings. The van der Waals surface area contributed by atoms with Gasteiger partial charge < -0.3 is 4.57 Å². The number of hydrogen-bond donors (Lipinski definition) is 1. The molecular formula is C13H17N3O2S. The highest BCUT2D eigenvalue weighted by Crippen LogP contribution is 2.15. The van der Waals surface area contributed by atoms with Crippen molar-refractivity contribution in [2.24, 2.45) is 0 Å². The van der Waals surface area contributed by atoms with Gasteiger partial charge in [0.2, 0.25) is 10.0 Å². The van der Waals surface area contributed by atoms with Crippen molar-refractivity contribution in [2.45, 2.75) is 25.3 Å². The topological polar surface area (TPSA) is 64.0 Å². The summed E-state index contributed by atoms with van der Waals surface area (Å²) in [4.78, 5) is 4.24. The fourth-order valence-corrected chi connectivity index (χ4v) is 3.15. The summed E-state index contributed by atoms with van der Waals surface area (Å²) in [6.45, 7) is 4.64. The minimum absolute atomic E-state index is 0.337. The Morgan fingerprint density at radius 3 is 2.74 bits per heavy atom. The van der Waals surface area contributed by atoms with E-state index in [1.807, 2.05) is 17.6 Å². The van der Waals surface area contributed by atoms with Crippen LogP contribution in [0.3, 0.4) is 0 Å². The smallest absolute Gasteiger partial charge is 0.240 e. The van der Waals surface area contributed by atoms with Gasteiger partial charge in [0.25, 0.3) is 0 Å². The van der Waals surface area contributed by atoms with Crippen molar-refractivity contribution in [2.75, 3.05) is 6.54 Å². The van der Waals surface area contributed by atoms with Crippen molar-refractivity contribution in [1.29, 1.82) is 0 Å². The molecule has 19 heavy (non-hydrogen) atoms. The van der Waals surface area contributed by atoms with Crippen LogP contribution in [0.1, 0.15) is 11.1 Å². The van der Waals surface area contributed by atoms with Crippen LogP contribution in [0.5, 0.6) is 0 Å². The number of nitrogens with one attached hydrogen (secondary N) is 1. The molecule has 0 amide bonds. The molecule has 1 N–H and O–H groups in total. The van der Waals surface area contributed by atoms with Crippen molar-refractivity contribution in [3.05, 3.63) is 48.0 Å². The molecule has 0 spiro atoms. The fourth-order valence-electron chi connectivity index (χ4n) is 1.91. The van der Waals surface area contributed by atoms with Crippen LogP contribution in [0, 0.1) is 13.8 Å². The number of imidazole rings is 1. The van der Waals surface area contributed by atoms with Crippen LogP contribution < -0.4 is 4.72 Å². The Balaban J connectivity index is 2.05. The number of aromatic nitrogens is 2. The molecule has 0 aliphatic rings. The van der Waals surface area contributed by atoms with E-state index in [0.29, 0.717) is 18.0 Å². The molecule has 0 unspecified atom stereocenters. The summed E-state index contributed by atoms with van der Waals surface area (Å²) in [5.41, 5.74) is 1.81. The maximum absolute atomic E-state index is 12.2. The van der Waals surface area contributed by atoms with Gasteiger partial charge in [0, 0.05) is 25.5 Å². The first-order valence-corrected chi connectivity index (χ1v) is 7.50. The standard InChI is InChI=1S/C13H17N3O2S/c1-11-3-4-13(12(2)9-11)19(17,18)15-6-8-16-7-5-14-10-16/h3-5,7,9-10,15H,6,8H2,1-2H3. The minimum atomic E-state index is -3.44. The number of rotatable bonds is 5. The molecule has 1 aromatic heterocycles. The SMILES string of the molecule is Cc1ccc(S(=O)(=O)NCCn2ccnc2)c(C)c1. The highest BCUT2D eigenvalue weighted by atomic mass is 32.2. The lowest BCUT2D eigenvalue weighted by atomic mass is 10.2. The third-order valence-corrected chi connectivity index (χ3v) is 4.46. The van der Waals surface area contributed by atoms with Crippen molar-refractivity contribution in [3.8, 4) is 0 Å². The first kappa shape index (κ1) is 13.8. The van der Waals surface area contributed by atoms with Gasteiger partial charge in [-0.15, -0.1) is 0 Å². The van der Waals surface area contributed by atoms with Gasteiger partial charge in [0.05, 0.1) is 11.2 Å². The lowest BCUT2D eigenvalue weighted by Gasteiger charge is -2.10. The molecule has 2 rings (SSSR count). The Hall–Kier alpha value is -1.66. The van der Waals surface area contributed by atoms with Crippen LogP contribution >= 0.6 is 0 Å². The molecule has 0 atom stereocenters. The quantitative estimate of drug-likeness (QED) is 0.901. The molecule has 1 aromatic carbocycles. The van der Waals surface area contributed by atoms with Gasteiger partial charge in [-0.25, -0.2) is 18.1 Å².